The minimum Gasteiger partial charge on any atom is -0.387 e. The van der Waals surface area contributed by atoms with Gasteiger partial charge in [-0.25, -0.2) is 0 Å². The first-order valence-corrected chi connectivity index (χ1v) is 11.1. The third-order valence-electron chi connectivity index (χ3n) is 4.60. The van der Waals surface area contributed by atoms with Crippen molar-refractivity contribution < 1.29 is 25.9 Å². The van der Waals surface area contributed by atoms with E-state index in [4.69, 9.17) is 0 Å². The second-order valence-corrected chi connectivity index (χ2v) is 9.40. The normalized spacial score (nSPS) is 30.2. The molecule has 2 rings (SSSR count). The molecule has 0 saturated carbocycles. The van der Waals surface area contributed by atoms with Crippen molar-refractivity contribution in [3.63, 3.8) is 0 Å². The molecule has 0 fully saturated rings. The molecule has 0 saturated heterocycles. The molecule has 0 aromatic heterocycles. The Hall–Kier alpha value is -1.46. The summed E-state index contributed by atoms with van der Waals surface area (Å²) in [4.78, 5) is -0.0811. The average molecular weight is 405 g/mol. The lowest BCUT2D eigenvalue weighted by Crippen LogP contribution is -2.44. The molecule has 0 aromatic rings. The van der Waals surface area contributed by atoms with Gasteiger partial charge in [-0.1, -0.05) is 30.4 Å². The first kappa shape index (κ1) is 20.8. The maximum Gasteiger partial charge on any atom is 0.292 e. The predicted molar refractivity (Wildman–Crippen MR) is 99.5 cm³/mol. The Morgan fingerprint density at radius 1 is 1.04 bits per heavy atom. The van der Waals surface area contributed by atoms with Crippen LogP contribution in [0.4, 0.5) is 0 Å². The molecule has 4 N–H and O–H groups in total. The Morgan fingerprint density at radius 2 is 1.69 bits per heavy atom. The van der Waals surface area contributed by atoms with E-state index < -0.39 is 31.5 Å². The van der Waals surface area contributed by atoms with Gasteiger partial charge in [-0.3, -0.25) is 9.11 Å². The van der Waals surface area contributed by atoms with Crippen LogP contribution in [-0.4, -0.2) is 51.3 Å². The molecular weight excluding hydrogens is 380 g/mol. The van der Waals surface area contributed by atoms with Crippen LogP contribution in [0.25, 0.3) is 0 Å². The third-order valence-corrected chi connectivity index (χ3v) is 6.86. The number of likely N-dealkylation sites (N-methyl/N-ethyl adjacent to an activating group) is 2. The lowest BCUT2D eigenvalue weighted by molar-refractivity contribution is 0.428. The van der Waals surface area contributed by atoms with Crippen molar-refractivity contribution >= 4 is 20.2 Å². The van der Waals surface area contributed by atoms with E-state index in [9.17, 15) is 25.9 Å². The number of hydrogen-bond acceptors (Lipinski definition) is 6. The Morgan fingerprint density at radius 3 is 2.23 bits per heavy atom. The summed E-state index contributed by atoms with van der Waals surface area (Å²) in [5.74, 6) is -0.451. The molecule has 0 aromatic carbocycles. The highest BCUT2D eigenvalue weighted by atomic mass is 32.2. The van der Waals surface area contributed by atoms with Gasteiger partial charge < -0.3 is 10.6 Å². The molecule has 8 nitrogen and oxygen atoms in total. The zero-order valence-electron chi connectivity index (χ0n) is 14.5. The molecule has 10 heteroatoms. The van der Waals surface area contributed by atoms with Gasteiger partial charge in [-0.15, -0.1) is 0 Å². The van der Waals surface area contributed by atoms with Crippen molar-refractivity contribution in [1.29, 1.82) is 0 Å². The van der Waals surface area contributed by atoms with Gasteiger partial charge in [-0.05, 0) is 37.8 Å². The first-order chi connectivity index (χ1) is 12.1. The summed E-state index contributed by atoms with van der Waals surface area (Å²) in [6.07, 6.45) is 10.9. The van der Waals surface area contributed by atoms with E-state index in [0.29, 0.717) is 5.70 Å². The van der Waals surface area contributed by atoms with Crippen molar-refractivity contribution in [2.75, 3.05) is 14.1 Å². The van der Waals surface area contributed by atoms with Crippen LogP contribution in [0, 0.1) is 11.8 Å². The lowest BCUT2D eigenvalue weighted by Gasteiger charge is -2.28. The van der Waals surface area contributed by atoms with Crippen LogP contribution < -0.4 is 10.6 Å². The molecule has 4 atom stereocenters. The molecule has 146 valence electrons. The summed E-state index contributed by atoms with van der Waals surface area (Å²) in [7, 11) is -5.30. The molecule has 26 heavy (non-hydrogen) atoms. The summed E-state index contributed by atoms with van der Waals surface area (Å²) in [6.45, 7) is 0. The number of nitrogens with one attached hydrogen (secondary N) is 2. The second kappa shape index (κ2) is 8.05. The summed E-state index contributed by atoms with van der Waals surface area (Å²) >= 11 is 0. The predicted octanol–water partition coefficient (Wildman–Crippen LogP) is 0.858. The van der Waals surface area contributed by atoms with Gasteiger partial charge in [0.15, 0.2) is 0 Å². The second-order valence-electron chi connectivity index (χ2n) is 6.33. The Labute approximate surface area is 154 Å². The van der Waals surface area contributed by atoms with Crippen LogP contribution in [0.5, 0.6) is 0 Å². The van der Waals surface area contributed by atoms with Gasteiger partial charge in [0.25, 0.3) is 20.2 Å². The Balaban J connectivity index is 2.14. The minimum absolute atomic E-state index is 0.0811. The fourth-order valence-electron chi connectivity index (χ4n) is 3.20. The summed E-state index contributed by atoms with van der Waals surface area (Å²) in [6, 6.07) is -0.462. The van der Waals surface area contributed by atoms with E-state index in [0.717, 1.165) is 0 Å². The van der Waals surface area contributed by atoms with Crippen LogP contribution in [0.1, 0.15) is 12.8 Å². The zero-order chi connectivity index (χ0) is 19.5. The fraction of sp³-hybridized carbons (Fsp3) is 0.500. The quantitative estimate of drug-likeness (QED) is 0.378. The van der Waals surface area contributed by atoms with Crippen LogP contribution in [0.2, 0.25) is 0 Å². The van der Waals surface area contributed by atoms with E-state index in [-0.39, 0.29) is 29.6 Å². The van der Waals surface area contributed by atoms with E-state index in [1.165, 1.54) is 0 Å². The first-order valence-electron chi connectivity index (χ1n) is 8.13. The molecule has 0 spiro atoms. The average Bonchev–Trinajstić information content (AvgIpc) is 2.58. The van der Waals surface area contributed by atoms with Gasteiger partial charge in [-0.2, -0.15) is 16.8 Å². The van der Waals surface area contributed by atoms with Gasteiger partial charge in [0, 0.05) is 13.1 Å². The van der Waals surface area contributed by atoms with Gasteiger partial charge in [0.1, 0.15) is 5.25 Å². The van der Waals surface area contributed by atoms with Crippen molar-refractivity contribution in [3.8, 4) is 0 Å². The summed E-state index contributed by atoms with van der Waals surface area (Å²) < 4.78 is 64.9. The Bertz CT molecular complexity index is 851. The largest absolute Gasteiger partial charge is 0.387 e. The summed E-state index contributed by atoms with van der Waals surface area (Å²) in [5, 5.41) is 4.64. The van der Waals surface area contributed by atoms with Crippen molar-refractivity contribution in [2.45, 2.75) is 24.1 Å². The standard InChI is InChI=1S/C16H24N2O6S2/c1-17-13-7-5-11(9-15(13)25(19,20)21)3-4-12-6-8-14(18-2)16(10-12)26(22,23)24/h3-8,11-13,15,17-18H,9-10H2,1-2H3,(H,19,20,21)(H,22,23,24)/b4-3-. The van der Waals surface area contributed by atoms with Gasteiger partial charge >= 0.3 is 0 Å². The molecule has 2 aliphatic carbocycles. The van der Waals surface area contributed by atoms with E-state index in [1.807, 2.05) is 6.08 Å². The fourth-order valence-corrected chi connectivity index (χ4v) is 5.11. The van der Waals surface area contributed by atoms with Crippen LogP contribution >= 0.6 is 0 Å². The molecular formula is C16H24N2O6S2. The highest BCUT2D eigenvalue weighted by Gasteiger charge is 2.34. The maximum absolute atomic E-state index is 11.6. The molecule has 0 amide bonds. The number of allylic oxidation sites excluding steroid dienone is 6. The van der Waals surface area contributed by atoms with Crippen molar-refractivity contribution in [2.24, 2.45) is 11.8 Å². The van der Waals surface area contributed by atoms with Crippen LogP contribution in [0.3, 0.4) is 0 Å². The van der Waals surface area contributed by atoms with Crippen LogP contribution in [0.15, 0.2) is 47.1 Å². The molecule has 4 unspecified atom stereocenters. The molecule has 0 radical (unpaired) electrons. The SMILES string of the molecule is CNC1=C(S(=O)(=O)O)CC(/C=C\C2C=CC(NC)C(S(=O)(=O)O)C2)C=C1. The van der Waals surface area contributed by atoms with Crippen molar-refractivity contribution in [3.05, 3.63) is 47.1 Å². The smallest absolute Gasteiger partial charge is 0.292 e. The number of hydrogen-bond donors (Lipinski definition) is 4. The van der Waals surface area contributed by atoms with E-state index in [1.54, 1.807) is 44.5 Å². The third kappa shape index (κ3) is 5.04. The zero-order valence-corrected chi connectivity index (χ0v) is 16.2. The molecule has 0 heterocycles. The highest BCUT2D eigenvalue weighted by Crippen LogP contribution is 2.29. The molecule has 0 bridgehead atoms. The van der Waals surface area contributed by atoms with Gasteiger partial charge in [0.05, 0.1) is 10.6 Å². The Kier molecular flexibility index (Phi) is 6.46. The topological polar surface area (TPSA) is 133 Å². The van der Waals surface area contributed by atoms with Crippen LogP contribution in [-0.2, 0) is 20.2 Å². The minimum atomic E-state index is -4.30. The highest BCUT2D eigenvalue weighted by molar-refractivity contribution is 7.89. The number of rotatable bonds is 6. The van der Waals surface area contributed by atoms with E-state index >= 15 is 0 Å². The monoisotopic (exact) mass is 404 g/mol. The van der Waals surface area contributed by atoms with Gasteiger partial charge in [0.2, 0.25) is 0 Å². The van der Waals surface area contributed by atoms with E-state index in [2.05, 4.69) is 10.6 Å². The molecule has 0 aliphatic heterocycles. The summed E-state index contributed by atoms with van der Waals surface area (Å²) in [5.41, 5.74) is 0.345. The lowest BCUT2D eigenvalue weighted by atomic mass is 9.90. The maximum atomic E-state index is 11.6. The van der Waals surface area contributed by atoms with Crippen molar-refractivity contribution in [1.82, 2.24) is 10.6 Å². The molecule has 2 aliphatic rings.